The van der Waals surface area contributed by atoms with E-state index in [0.717, 1.165) is 34.0 Å². The summed E-state index contributed by atoms with van der Waals surface area (Å²) in [6.07, 6.45) is 3.44. The Morgan fingerprint density at radius 1 is 1.14 bits per heavy atom. The van der Waals surface area contributed by atoms with Crippen LogP contribution in [0.25, 0.3) is 10.9 Å². The summed E-state index contributed by atoms with van der Waals surface area (Å²) in [5.41, 5.74) is 10.1. The van der Waals surface area contributed by atoms with Gasteiger partial charge in [-0.2, -0.15) is 0 Å². The molecule has 28 heavy (non-hydrogen) atoms. The summed E-state index contributed by atoms with van der Waals surface area (Å²) in [7, 11) is 1.68. The van der Waals surface area contributed by atoms with E-state index < -0.39 is 6.04 Å². The number of amides is 3. The second kappa shape index (κ2) is 7.48. The Bertz CT molecular complexity index is 1010. The summed E-state index contributed by atoms with van der Waals surface area (Å²) in [6.45, 7) is 0.576. The maximum Gasteiger partial charge on any atom is 0.324 e. The van der Waals surface area contributed by atoms with Crippen molar-refractivity contribution in [2.75, 3.05) is 13.6 Å². The monoisotopic (exact) mass is 376 g/mol. The molecule has 0 saturated carbocycles. The van der Waals surface area contributed by atoms with E-state index in [0.29, 0.717) is 13.0 Å². The average molecular weight is 376 g/mol. The van der Waals surface area contributed by atoms with E-state index in [2.05, 4.69) is 28.5 Å². The van der Waals surface area contributed by atoms with Crippen molar-refractivity contribution in [3.8, 4) is 0 Å². The molecule has 2 unspecified atom stereocenters. The molecule has 6 heteroatoms. The molecule has 4 rings (SSSR count). The molecule has 0 bridgehead atoms. The summed E-state index contributed by atoms with van der Waals surface area (Å²) in [5, 5.41) is 3.56. The number of nitrogens with one attached hydrogen (secondary N) is 2. The van der Waals surface area contributed by atoms with Crippen LogP contribution in [0.2, 0.25) is 0 Å². The van der Waals surface area contributed by atoms with E-state index in [1.54, 1.807) is 7.05 Å². The molecule has 2 atom stereocenters. The molecule has 1 aliphatic rings. The van der Waals surface area contributed by atoms with Crippen LogP contribution in [0.5, 0.6) is 0 Å². The minimum Gasteiger partial charge on any atom is -0.361 e. The van der Waals surface area contributed by atoms with Crippen molar-refractivity contribution in [3.05, 3.63) is 71.4 Å². The summed E-state index contributed by atoms with van der Waals surface area (Å²) >= 11 is 0. The number of urea groups is 1. The molecule has 3 aromatic rings. The number of fused-ring (bicyclic) bond motifs is 1. The Labute approximate surface area is 163 Å². The van der Waals surface area contributed by atoms with Gasteiger partial charge in [-0.05, 0) is 48.2 Å². The standard InChI is InChI=1S/C22H24N4O2/c1-26-20(21(27)25-22(26)28)18(11-14-5-3-2-4-6-14)15-7-8-19-17(12-15)16(9-10-23)13-24-19/h2-8,12-13,18,20,24H,9-11,23H2,1H3,(H,25,27,28). The molecule has 2 heterocycles. The molecule has 1 fully saturated rings. The zero-order chi connectivity index (χ0) is 19.7. The van der Waals surface area contributed by atoms with Crippen molar-refractivity contribution >= 4 is 22.8 Å². The molecular weight excluding hydrogens is 352 g/mol. The summed E-state index contributed by atoms with van der Waals surface area (Å²) in [6, 6.07) is 15.4. The lowest BCUT2D eigenvalue weighted by Crippen LogP contribution is -2.38. The molecule has 0 aliphatic carbocycles. The van der Waals surface area contributed by atoms with Gasteiger partial charge in [0.15, 0.2) is 0 Å². The van der Waals surface area contributed by atoms with Gasteiger partial charge in [-0.3, -0.25) is 10.1 Å². The predicted molar refractivity (Wildman–Crippen MR) is 109 cm³/mol. The number of likely N-dealkylation sites (N-methyl/N-ethyl adjacent to an activating group) is 1. The fourth-order valence-corrected chi connectivity index (χ4v) is 4.09. The van der Waals surface area contributed by atoms with Crippen LogP contribution in [0.1, 0.15) is 22.6 Å². The van der Waals surface area contributed by atoms with Gasteiger partial charge in [0, 0.05) is 30.1 Å². The van der Waals surface area contributed by atoms with E-state index in [4.69, 9.17) is 5.73 Å². The van der Waals surface area contributed by atoms with E-state index in [9.17, 15) is 9.59 Å². The molecule has 3 amide bonds. The van der Waals surface area contributed by atoms with Gasteiger partial charge in [0.25, 0.3) is 5.91 Å². The molecule has 2 aromatic carbocycles. The third-order valence-corrected chi connectivity index (χ3v) is 5.55. The number of H-pyrrole nitrogens is 1. The maximum atomic E-state index is 12.6. The van der Waals surface area contributed by atoms with Crippen molar-refractivity contribution < 1.29 is 9.59 Å². The van der Waals surface area contributed by atoms with Crippen LogP contribution >= 0.6 is 0 Å². The zero-order valence-electron chi connectivity index (χ0n) is 15.8. The highest BCUT2D eigenvalue weighted by Gasteiger charge is 2.41. The highest BCUT2D eigenvalue weighted by molar-refractivity contribution is 6.04. The maximum absolute atomic E-state index is 12.6. The Balaban J connectivity index is 1.78. The topological polar surface area (TPSA) is 91.2 Å². The molecule has 1 aromatic heterocycles. The number of carbonyl (C=O) groups excluding carboxylic acids is 2. The molecular formula is C22H24N4O2. The highest BCUT2D eigenvalue weighted by atomic mass is 16.2. The largest absolute Gasteiger partial charge is 0.361 e. The second-order valence-electron chi connectivity index (χ2n) is 7.30. The summed E-state index contributed by atoms with van der Waals surface area (Å²) in [4.78, 5) is 29.5. The van der Waals surface area contributed by atoms with E-state index in [1.165, 1.54) is 4.90 Å². The van der Waals surface area contributed by atoms with Gasteiger partial charge in [-0.1, -0.05) is 36.4 Å². The van der Waals surface area contributed by atoms with Crippen LogP contribution in [0.4, 0.5) is 4.79 Å². The van der Waals surface area contributed by atoms with Crippen molar-refractivity contribution in [1.82, 2.24) is 15.2 Å². The first kappa shape index (κ1) is 18.3. The molecule has 1 saturated heterocycles. The van der Waals surface area contributed by atoms with Gasteiger partial charge in [-0.15, -0.1) is 0 Å². The average Bonchev–Trinajstić information content (AvgIpc) is 3.21. The van der Waals surface area contributed by atoms with Crippen molar-refractivity contribution in [1.29, 1.82) is 0 Å². The Hall–Kier alpha value is -3.12. The van der Waals surface area contributed by atoms with Crippen LogP contribution < -0.4 is 11.1 Å². The van der Waals surface area contributed by atoms with Crippen molar-refractivity contribution in [2.24, 2.45) is 5.73 Å². The second-order valence-corrected chi connectivity index (χ2v) is 7.30. The number of nitrogens with two attached hydrogens (primary N) is 1. The summed E-state index contributed by atoms with van der Waals surface area (Å²) < 4.78 is 0. The third-order valence-electron chi connectivity index (χ3n) is 5.55. The number of hydrogen-bond donors (Lipinski definition) is 3. The Morgan fingerprint density at radius 2 is 1.93 bits per heavy atom. The van der Waals surface area contributed by atoms with E-state index >= 15 is 0 Å². The first-order valence-corrected chi connectivity index (χ1v) is 9.50. The van der Waals surface area contributed by atoms with E-state index in [-0.39, 0.29) is 17.9 Å². The fourth-order valence-electron chi connectivity index (χ4n) is 4.09. The number of hydrogen-bond acceptors (Lipinski definition) is 3. The normalized spacial score (nSPS) is 17.9. The zero-order valence-corrected chi connectivity index (χ0v) is 15.8. The quantitative estimate of drug-likeness (QED) is 0.578. The molecule has 4 N–H and O–H groups in total. The number of nitrogens with zero attached hydrogens (tertiary/aromatic N) is 1. The molecule has 6 nitrogen and oxygen atoms in total. The van der Waals surface area contributed by atoms with Crippen LogP contribution in [-0.2, 0) is 17.6 Å². The van der Waals surface area contributed by atoms with Gasteiger partial charge in [0.1, 0.15) is 6.04 Å². The van der Waals surface area contributed by atoms with Gasteiger partial charge in [-0.25, -0.2) is 4.79 Å². The lowest BCUT2D eigenvalue weighted by molar-refractivity contribution is -0.121. The number of rotatable bonds is 6. The van der Waals surface area contributed by atoms with Crippen LogP contribution in [0.15, 0.2) is 54.7 Å². The minimum absolute atomic E-state index is 0.149. The lowest BCUT2D eigenvalue weighted by Gasteiger charge is -2.27. The van der Waals surface area contributed by atoms with E-state index in [1.807, 2.05) is 36.5 Å². The SMILES string of the molecule is CN1C(=O)NC(=O)C1C(Cc1ccccc1)c1ccc2[nH]cc(CCN)c2c1. The number of aromatic nitrogens is 1. The number of carbonyl (C=O) groups is 2. The molecule has 0 spiro atoms. The third kappa shape index (κ3) is 3.27. The molecule has 0 radical (unpaired) electrons. The highest BCUT2D eigenvalue weighted by Crippen LogP contribution is 2.32. The number of aromatic amines is 1. The smallest absolute Gasteiger partial charge is 0.324 e. The fraction of sp³-hybridized carbons (Fsp3) is 0.273. The Morgan fingerprint density at radius 3 is 2.61 bits per heavy atom. The lowest BCUT2D eigenvalue weighted by atomic mass is 9.84. The van der Waals surface area contributed by atoms with Crippen molar-refractivity contribution in [3.63, 3.8) is 0 Å². The van der Waals surface area contributed by atoms with Gasteiger partial charge < -0.3 is 15.6 Å². The van der Waals surface area contributed by atoms with Gasteiger partial charge in [0.2, 0.25) is 0 Å². The van der Waals surface area contributed by atoms with Gasteiger partial charge >= 0.3 is 6.03 Å². The van der Waals surface area contributed by atoms with Crippen LogP contribution in [0, 0.1) is 0 Å². The number of benzene rings is 2. The van der Waals surface area contributed by atoms with Crippen LogP contribution in [-0.4, -0.2) is 41.5 Å². The molecule has 144 valence electrons. The predicted octanol–water partition coefficient (Wildman–Crippen LogP) is 2.55. The first-order chi connectivity index (χ1) is 13.6. The number of imide groups is 1. The minimum atomic E-state index is -0.540. The summed E-state index contributed by atoms with van der Waals surface area (Å²) in [5.74, 6) is -0.395. The van der Waals surface area contributed by atoms with Crippen LogP contribution in [0.3, 0.4) is 0 Å². The van der Waals surface area contributed by atoms with Crippen molar-refractivity contribution in [2.45, 2.75) is 24.8 Å². The Kier molecular flexibility index (Phi) is 4.88. The molecule has 1 aliphatic heterocycles. The van der Waals surface area contributed by atoms with Gasteiger partial charge in [0.05, 0.1) is 0 Å². The first-order valence-electron chi connectivity index (χ1n) is 9.50.